The van der Waals surface area contributed by atoms with Gasteiger partial charge >= 0.3 is 0 Å². The number of halogens is 1. The Labute approximate surface area is 128 Å². The van der Waals surface area contributed by atoms with Gasteiger partial charge in [0.2, 0.25) is 5.91 Å². The van der Waals surface area contributed by atoms with E-state index in [1.54, 1.807) is 35.1 Å². The third-order valence-electron chi connectivity index (χ3n) is 2.95. The number of aryl methyl sites for hydroxylation is 2. The number of nitrogens with zero attached hydrogens (tertiary/aromatic N) is 3. The SMILES string of the molecule is Cc1nn(CCCC(=O)Nc2cccc(C#N)c2)cc1Cl. The molecule has 0 radical (unpaired) electrons. The van der Waals surface area contributed by atoms with Crippen LogP contribution in [-0.4, -0.2) is 15.7 Å². The molecular weight excluding hydrogens is 288 g/mol. The fraction of sp³-hybridized carbons (Fsp3) is 0.267. The summed E-state index contributed by atoms with van der Waals surface area (Å²) in [6.07, 6.45) is 2.81. The minimum Gasteiger partial charge on any atom is -0.326 e. The molecule has 2 aromatic rings. The van der Waals surface area contributed by atoms with E-state index in [2.05, 4.69) is 10.4 Å². The van der Waals surface area contributed by atoms with Crippen LogP contribution in [0.15, 0.2) is 30.5 Å². The van der Waals surface area contributed by atoms with Crippen LogP contribution in [0, 0.1) is 18.3 Å². The Bertz CT molecular complexity index is 668. The predicted molar refractivity (Wildman–Crippen MR) is 81.0 cm³/mol. The maximum atomic E-state index is 11.8. The summed E-state index contributed by atoms with van der Waals surface area (Å²) >= 11 is 5.92. The van der Waals surface area contributed by atoms with Gasteiger partial charge in [0.1, 0.15) is 0 Å². The van der Waals surface area contributed by atoms with Crippen LogP contribution in [0.3, 0.4) is 0 Å². The lowest BCUT2D eigenvalue weighted by molar-refractivity contribution is -0.116. The topological polar surface area (TPSA) is 70.7 Å². The first-order valence-corrected chi connectivity index (χ1v) is 6.96. The molecule has 0 fully saturated rings. The number of aromatic nitrogens is 2. The average Bonchev–Trinajstić information content (AvgIpc) is 2.78. The highest BCUT2D eigenvalue weighted by Crippen LogP contribution is 2.13. The van der Waals surface area contributed by atoms with Crippen LogP contribution in [-0.2, 0) is 11.3 Å². The van der Waals surface area contributed by atoms with Gasteiger partial charge in [-0.05, 0) is 31.5 Å². The van der Waals surface area contributed by atoms with Crippen LogP contribution in [0.1, 0.15) is 24.1 Å². The molecule has 1 N–H and O–H groups in total. The first-order chi connectivity index (χ1) is 10.1. The first kappa shape index (κ1) is 15.1. The van der Waals surface area contributed by atoms with E-state index >= 15 is 0 Å². The van der Waals surface area contributed by atoms with E-state index in [0.29, 0.717) is 35.7 Å². The Kier molecular flexibility index (Phi) is 4.96. The zero-order chi connectivity index (χ0) is 15.2. The van der Waals surface area contributed by atoms with Gasteiger partial charge in [-0.1, -0.05) is 17.7 Å². The van der Waals surface area contributed by atoms with Crippen molar-refractivity contribution in [2.45, 2.75) is 26.3 Å². The molecule has 1 amide bonds. The van der Waals surface area contributed by atoms with Gasteiger partial charge in [0.15, 0.2) is 0 Å². The van der Waals surface area contributed by atoms with Gasteiger partial charge in [-0.15, -0.1) is 0 Å². The molecule has 1 aromatic heterocycles. The Morgan fingerprint density at radius 3 is 3.00 bits per heavy atom. The summed E-state index contributed by atoms with van der Waals surface area (Å²) in [4.78, 5) is 11.8. The lowest BCUT2D eigenvalue weighted by Crippen LogP contribution is -2.12. The quantitative estimate of drug-likeness (QED) is 0.922. The van der Waals surface area contributed by atoms with Gasteiger partial charge in [-0.2, -0.15) is 10.4 Å². The van der Waals surface area contributed by atoms with Gasteiger partial charge in [-0.3, -0.25) is 9.48 Å². The zero-order valence-electron chi connectivity index (χ0n) is 11.6. The number of benzene rings is 1. The standard InChI is InChI=1S/C15H15ClN4O/c1-11-14(16)10-20(19-11)7-3-6-15(21)18-13-5-2-4-12(8-13)9-17/h2,4-5,8,10H,3,6-7H2,1H3,(H,18,21). The van der Waals surface area contributed by atoms with Crippen LogP contribution in [0.25, 0.3) is 0 Å². The second kappa shape index (κ2) is 6.91. The van der Waals surface area contributed by atoms with Crippen LogP contribution in [0.5, 0.6) is 0 Å². The fourth-order valence-corrected chi connectivity index (χ4v) is 2.05. The molecule has 0 aliphatic heterocycles. The minimum atomic E-state index is -0.0833. The van der Waals surface area contributed by atoms with Gasteiger partial charge < -0.3 is 5.32 Å². The first-order valence-electron chi connectivity index (χ1n) is 6.58. The second-order valence-electron chi connectivity index (χ2n) is 4.67. The van der Waals surface area contributed by atoms with Crippen LogP contribution < -0.4 is 5.32 Å². The number of hydrogen-bond acceptors (Lipinski definition) is 3. The summed E-state index contributed by atoms with van der Waals surface area (Å²) in [5.41, 5.74) is 1.95. The molecule has 1 heterocycles. The number of hydrogen-bond donors (Lipinski definition) is 1. The molecular formula is C15H15ClN4O. The molecule has 5 nitrogen and oxygen atoms in total. The van der Waals surface area contributed by atoms with E-state index in [1.165, 1.54) is 0 Å². The fourth-order valence-electron chi connectivity index (χ4n) is 1.90. The Hall–Kier alpha value is -2.32. The summed E-state index contributed by atoms with van der Waals surface area (Å²) < 4.78 is 1.74. The number of carbonyl (C=O) groups is 1. The Morgan fingerprint density at radius 1 is 1.52 bits per heavy atom. The van der Waals surface area contributed by atoms with Crippen molar-refractivity contribution < 1.29 is 4.79 Å². The van der Waals surface area contributed by atoms with Crippen LogP contribution >= 0.6 is 11.6 Å². The summed E-state index contributed by atoms with van der Waals surface area (Å²) in [5.74, 6) is -0.0833. The molecule has 1 aromatic carbocycles. The highest BCUT2D eigenvalue weighted by Gasteiger charge is 2.05. The third-order valence-corrected chi connectivity index (χ3v) is 3.32. The van der Waals surface area contributed by atoms with E-state index in [4.69, 9.17) is 16.9 Å². The van der Waals surface area contributed by atoms with Crippen molar-refractivity contribution in [2.75, 3.05) is 5.32 Å². The molecule has 6 heteroatoms. The zero-order valence-corrected chi connectivity index (χ0v) is 12.4. The van der Waals surface area contributed by atoms with Crippen LogP contribution in [0.2, 0.25) is 5.02 Å². The molecule has 0 aliphatic carbocycles. The molecule has 2 rings (SSSR count). The lowest BCUT2D eigenvalue weighted by atomic mass is 10.2. The molecule has 0 spiro atoms. The van der Waals surface area contributed by atoms with Crippen molar-refractivity contribution in [3.8, 4) is 6.07 Å². The molecule has 0 aliphatic rings. The number of anilines is 1. The smallest absolute Gasteiger partial charge is 0.224 e. The largest absolute Gasteiger partial charge is 0.326 e. The van der Waals surface area contributed by atoms with Crippen molar-refractivity contribution in [1.29, 1.82) is 5.26 Å². The lowest BCUT2D eigenvalue weighted by Gasteiger charge is -2.05. The highest BCUT2D eigenvalue weighted by molar-refractivity contribution is 6.31. The van der Waals surface area contributed by atoms with Crippen molar-refractivity contribution in [3.05, 3.63) is 46.7 Å². The van der Waals surface area contributed by atoms with Gasteiger partial charge in [0.05, 0.1) is 22.3 Å². The van der Waals surface area contributed by atoms with Crippen molar-refractivity contribution in [1.82, 2.24) is 9.78 Å². The van der Waals surface area contributed by atoms with Crippen molar-refractivity contribution in [3.63, 3.8) is 0 Å². The van der Waals surface area contributed by atoms with Crippen LogP contribution in [0.4, 0.5) is 5.69 Å². The normalized spacial score (nSPS) is 10.1. The summed E-state index contributed by atoms with van der Waals surface area (Å²) in [6.45, 7) is 2.48. The third kappa shape index (κ3) is 4.33. The number of carbonyl (C=O) groups excluding carboxylic acids is 1. The van der Waals surface area contributed by atoms with Gasteiger partial charge in [0, 0.05) is 24.8 Å². The van der Waals surface area contributed by atoms with E-state index in [-0.39, 0.29) is 5.91 Å². The number of nitriles is 1. The summed E-state index contributed by atoms with van der Waals surface area (Å²) in [5, 5.41) is 16.4. The van der Waals surface area contributed by atoms with E-state index in [1.807, 2.05) is 13.0 Å². The van der Waals surface area contributed by atoms with Gasteiger partial charge in [0.25, 0.3) is 0 Å². The molecule has 0 bridgehead atoms. The molecule has 0 unspecified atom stereocenters. The number of amides is 1. The number of rotatable bonds is 5. The summed E-state index contributed by atoms with van der Waals surface area (Å²) in [6, 6.07) is 8.88. The molecule has 0 saturated heterocycles. The maximum Gasteiger partial charge on any atom is 0.224 e. The van der Waals surface area contributed by atoms with E-state index in [9.17, 15) is 4.79 Å². The summed E-state index contributed by atoms with van der Waals surface area (Å²) in [7, 11) is 0. The Morgan fingerprint density at radius 2 is 2.33 bits per heavy atom. The minimum absolute atomic E-state index is 0.0833. The monoisotopic (exact) mass is 302 g/mol. The molecule has 0 saturated carbocycles. The van der Waals surface area contributed by atoms with E-state index < -0.39 is 0 Å². The molecule has 0 atom stereocenters. The molecule has 108 valence electrons. The Balaban J connectivity index is 1.81. The second-order valence-corrected chi connectivity index (χ2v) is 5.08. The van der Waals surface area contributed by atoms with Crippen molar-refractivity contribution >= 4 is 23.2 Å². The molecule has 21 heavy (non-hydrogen) atoms. The highest BCUT2D eigenvalue weighted by atomic mass is 35.5. The van der Waals surface area contributed by atoms with Gasteiger partial charge in [-0.25, -0.2) is 0 Å². The van der Waals surface area contributed by atoms with Crippen molar-refractivity contribution in [2.24, 2.45) is 0 Å². The predicted octanol–water partition coefficient (Wildman–Crippen LogP) is 3.14. The van der Waals surface area contributed by atoms with E-state index in [0.717, 1.165) is 5.69 Å². The average molecular weight is 303 g/mol. The maximum absolute atomic E-state index is 11.8. The number of nitrogens with one attached hydrogen (secondary N) is 1.